The Morgan fingerprint density at radius 3 is 2.48 bits per heavy atom. The maximum absolute atomic E-state index is 13.0. The monoisotopic (exact) mass is 355 g/mol. The van der Waals surface area contributed by atoms with E-state index in [1.54, 1.807) is 36.9 Å². The van der Waals surface area contributed by atoms with Gasteiger partial charge >= 0.3 is 0 Å². The Morgan fingerprint density at radius 2 is 1.74 bits per heavy atom. The summed E-state index contributed by atoms with van der Waals surface area (Å²) in [7, 11) is 0. The van der Waals surface area contributed by atoms with Crippen molar-refractivity contribution in [3.8, 4) is 11.3 Å². The summed E-state index contributed by atoms with van der Waals surface area (Å²) in [6.07, 6.45) is 6.92. The fourth-order valence-electron chi connectivity index (χ4n) is 2.71. The van der Waals surface area contributed by atoms with Gasteiger partial charge in [-0.2, -0.15) is 9.78 Å². The summed E-state index contributed by atoms with van der Waals surface area (Å²) in [5.74, 6) is 0.433. The molecule has 0 bridgehead atoms. The maximum Gasteiger partial charge on any atom is 0.280 e. The predicted molar refractivity (Wildman–Crippen MR) is 103 cm³/mol. The molecule has 0 unspecified atom stereocenters. The smallest absolute Gasteiger partial charge is 0.280 e. The Balaban J connectivity index is 1.69. The lowest BCUT2D eigenvalue weighted by atomic mass is 10.2. The van der Waals surface area contributed by atoms with Crippen LogP contribution in [-0.4, -0.2) is 25.7 Å². The van der Waals surface area contributed by atoms with Crippen LogP contribution < -0.4 is 5.32 Å². The van der Waals surface area contributed by atoms with E-state index < -0.39 is 0 Å². The molecule has 132 valence electrons. The molecule has 6 heteroatoms. The van der Waals surface area contributed by atoms with Gasteiger partial charge in [0.2, 0.25) is 0 Å². The van der Waals surface area contributed by atoms with Gasteiger partial charge in [0, 0.05) is 48.5 Å². The summed E-state index contributed by atoms with van der Waals surface area (Å²) in [6.45, 7) is 0.558. The van der Waals surface area contributed by atoms with Crippen molar-refractivity contribution in [1.82, 2.24) is 19.7 Å². The van der Waals surface area contributed by atoms with Crippen molar-refractivity contribution in [1.29, 1.82) is 0 Å². The zero-order valence-corrected chi connectivity index (χ0v) is 14.5. The van der Waals surface area contributed by atoms with Crippen LogP contribution in [0.4, 0.5) is 5.82 Å². The molecule has 0 saturated carbocycles. The highest BCUT2D eigenvalue weighted by atomic mass is 16.2. The van der Waals surface area contributed by atoms with Gasteiger partial charge in [-0.1, -0.05) is 18.2 Å². The Hall–Kier alpha value is -3.80. The second kappa shape index (κ2) is 7.61. The van der Waals surface area contributed by atoms with Crippen LogP contribution in [0.2, 0.25) is 0 Å². The van der Waals surface area contributed by atoms with Gasteiger partial charge in [0.1, 0.15) is 5.82 Å². The molecule has 0 aliphatic heterocycles. The number of nitrogens with zero attached hydrogens (tertiary/aromatic N) is 4. The molecule has 0 saturated heterocycles. The van der Waals surface area contributed by atoms with Crippen LogP contribution in [0.25, 0.3) is 11.3 Å². The van der Waals surface area contributed by atoms with E-state index in [-0.39, 0.29) is 5.91 Å². The summed E-state index contributed by atoms with van der Waals surface area (Å²) in [5, 5.41) is 7.82. The van der Waals surface area contributed by atoms with Crippen molar-refractivity contribution < 1.29 is 4.79 Å². The van der Waals surface area contributed by atoms with E-state index in [1.807, 2.05) is 48.5 Å². The second-order valence-electron chi connectivity index (χ2n) is 5.95. The molecule has 1 aromatic carbocycles. The Morgan fingerprint density at radius 1 is 0.926 bits per heavy atom. The first-order valence-electron chi connectivity index (χ1n) is 8.54. The number of pyridine rings is 2. The normalized spacial score (nSPS) is 10.5. The molecule has 0 spiro atoms. The van der Waals surface area contributed by atoms with Gasteiger partial charge < -0.3 is 5.32 Å². The number of carbonyl (C=O) groups is 1. The minimum absolute atomic E-state index is 0.192. The summed E-state index contributed by atoms with van der Waals surface area (Å²) >= 11 is 0. The highest BCUT2D eigenvalue weighted by Gasteiger charge is 2.17. The van der Waals surface area contributed by atoms with E-state index in [0.29, 0.717) is 23.6 Å². The van der Waals surface area contributed by atoms with Crippen molar-refractivity contribution in [2.24, 2.45) is 0 Å². The van der Waals surface area contributed by atoms with Gasteiger partial charge in [0.05, 0.1) is 5.69 Å². The number of benzene rings is 1. The third-order valence-corrected chi connectivity index (χ3v) is 4.10. The van der Waals surface area contributed by atoms with Crippen LogP contribution in [0.3, 0.4) is 0 Å². The molecule has 0 atom stereocenters. The van der Waals surface area contributed by atoms with Crippen LogP contribution in [0.5, 0.6) is 0 Å². The number of hydrogen-bond donors (Lipinski definition) is 1. The fraction of sp³-hybridized carbons (Fsp3) is 0.0476. The van der Waals surface area contributed by atoms with E-state index in [2.05, 4.69) is 20.4 Å². The summed E-state index contributed by atoms with van der Waals surface area (Å²) in [5.41, 5.74) is 3.17. The van der Waals surface area contributed by atoms with Crippen molar-refractivity contribution in [3.05, 3.63) is 96.6 Å². The topological polar surface area (TPSA) is 72.7 Å². The van der Waals surface area contributed by atoms with Crippen LogP contribution >= 0.6 is 0 Å². The zero-order valence-electron chi connectivity index (χ0n) is 14.5. The van der Waals surface area contributed by atoms with Crippen LogP contribution in [0, 0.1) is 0 Å². The number of aromatic nitrogens is 4. The largest absolute Gasteiger partial charge is 0.366 e. The molecule has 6 nitrogen and oxygen atoms in total. The standard InChI is InChI=1S/C21H17N5O/c27-21(17-5-2-1-3-6-17)26-20(24-14-16-8-11-22-12-9-16)13-19(25-26)18-7-4-10-23-15-18/h1-13,15,24H,14H2. The number of nitrogens with one attached hydrogen (secondary N) is 1. The predicted octanol–water partition coefficient (Wildman–Crippen LogP) is 3.64. The molecule has 0 fully saturated rings. The third kappa shape index (κ3) is 3.74. The minimum Gasteiger partial charge on any atom is -0.366 e. The number of rotatable bonds is 5. The SMILES string of the molecule is O=C(c1ccccc1)n1nc(-c2cccnc2)cc1NCc1ccncc1. The number of carbonyl (C=O) groups excluding carboxylic acids is 1. The van der Waals surface area contributed by atoms with Crippen molar-refractivity contribution in [2.45, 2.75) is 6.54 Å². The molecular weight excluding hydrogens is 338 g/mol. The molecular formula is C21H17N5O. The second-order valence-corrected chi connectivity index (χ2v) is 5.95. The van der Waals surface area contributed by atoms with Crippen LogP contribution in [0.1, 0.15) is 15.9 Å². The lowest BCUT2D eigenvalue weighted by Crippen LogP contribution is -2.17. The van der Waals surface area contributed by atoms with Gasteiger partial charge in [-0.05, 0) is 42.0 Å². The fourth-order valence-corrected chi connectivity index (χ4v) is 2.71. The quantitative estimate of drug-likeness (QED) is 0.592. The van der Waals surface area contributed by atoms with Crippen molar-refractivity contribution >= 4 is 11.7 Å². The highest BCUT2D eigenvalue weighted by Crippen LogP contribution is 2.22. The molecule has 3 heterocycles. The first kappa shape index (κ1) is 16.7. The average molecular weight is 355 g/mol. The van der Waals surface area contributed by atoms with Crippen molar-refractivity contribution in [3.63, 3.8) is 0 Å². The van der Waals surface area contributed by atoms with Gasteiger partial charge in [0.15, 0.2) is 0 Å². The average Bonchev–Trinajstić information content (AvgIpc) is 3.18. The van der Waals surface area contributed by atoms with E-state index in [1.165, 1.54) is 4.68 Å². The molecule has 3 aromatic heterocycles. The lowest BCUT2D eigenvalue weighted by Gasteiger charge is -2.08. The van der Waals surface area contributed by atoms with E-state index in [0.717, 1.165) is 11.1 Å². The Labute approximate surface area is 156 Å². The summed E-state index contributed by atoms with van der Waals surface area (Å²) in [4.78, 5) is 21.1. The van der Waals surface area contributed by atoms with Gasteiger partial charge in [-0.15, -0.1) is 0 Å². The first-order chi connectivity index (χ1) is 13.3. The first-order valence-corrected chi connectivity index (χ1v) is 8.54. The number of anilines is 1. The molecule has 0 radical (unpaired) electrons. The van der Waals surface area contributed by atoms with E-state index in [9.17, 15) is 4.79 Å². The molecule has 0 aliphatic rings. The molecule has 27 heavy (non-hydrogen) atoms. The highest BCUT2D eigenvalue weighted by molar-refractivity contribution is 5.97. The number of hydrogen-bond acceptors (Lipinski definition) is 5. The molecule has 1 N–H and O–H groups in total. The Bertz CT molecular complexity index is 1030. The van der Waals surface area contributed by atoms with Crippen LogP contribution in [0.15, 0.2) is 85.5 Å². The van der Waals surface area contributed by atoms with Crippen LogP contribution in [-0.2, 0) is 6.54 Å². The summed E-state index contributed by atoms with van der Waals surface area (Å²) in [6, 6.07) is 18.6. The zero-order chi connectivity index (χ0) is 18.5. The van der Waals surface area contributed by atoms with Crippen molar-refractivity contribution in [2.75, 3.05) is 5.32 Å². The minimum atomic E-state index is -0.192. The molecule has 4 aromatic rings. The summed E-state index contributed by atoms with van der Waals surface area (Å²) < 4.78 is 1.40. The van der Waals surface area contributed by atoms with Gasteiger partial charge in [0.25, 0.3) is 5.91 Å². The van der Waals surface area contributed by atoms with Gasteiger partial charge in [-0.3, -0.25) is 14.8 Å². The van der Waals surface area contributed by atoms with E-state index >= 15 is 0 Å². The molecule has 0 amide bonds. The third-order valence-electron chi connectivity index (χ3n) is 4.10. The Kier molecular flexibility index (Phi) is 4.70. The lowest BCUT2D eigenvalue weighted by molar-refractivity contribution is 0.0948. The molecule has 4 rings (SSSR count). The maximum atomic E-state index is 13.0. The van der Waals surface area contributed by atoms with E-state index in [4.69, 9.17) is 0 Å². The molecule has 0 aliphatic carbocycles. The van der Waals surface area contributed by atoms with Gasteiger partial charge in [-0.25, -0.2) is 0 Å².